The van der Waals surface area contributed by atoms with Crippen LogP contribution in [0.2, 0.25) is 0 Å². The zero-order chi connectivity index (χ0) is 10.5. The summed E-state index contributed by atoms with van der Waals surface area (Å²) < 4.78 is 7.74. The van der Waals surface area contributed by atoms with Gasteiger partial charge < -0.3 is 4.74 Å². The fourth-order valence-corrected chi connectivity index (χ4v) is 1.81. The highest BCUT2D eigenvalue weighted by Gasteiger charge is 2.10. The van der Waals surface area contributed by atoms with Crippen molar-refractivity contribution in [1.82, 2.24) is 9.78 Å². The molecule has 0 N–H and O–H groups in total. The van der Waals surface area contributed by atoms with Gasteiger partial charge in [0.1, 0.15) is 6.10 Å². The molecule has 3 nitrogen and oxygen atoms in total. The minimum Gasteiger partial charge on any atom is -0.483 e. The van der Waals surface area contributed by atoms with Crippen molar-refractivity contribution in [2.45, 2.75) is 45.3 Å². The summed E-state index contributed by atoms with van der Waals surface area (Å²) >= 11 is 0. The summed E-state index contributed by atoms with van der Waals surface area (Å²) in [6.45, 7) is 3.11. The lowest BCUT2D eigenvalue weighted by atomic mass is 10.1. The van der Waals surface area contributed by atoms with E-state index in [0.717, 1.165) is 25.1 Å². The number of ether oxygens (including phenoxy) is 1. The first-order valence-corrected chi connectivity index (χ1v) is 5.74. The number of nitrogens with zero attached hydrogens (tertiary/aromatic N) is 2. The van der Waals surface area contributed by atoms with Gasteiger partial charge in [-0.25, -0.2) is 0 Å². The molecular formula is C12H18N2O. The van der Waals surface area contributed by atoms with Gasteiger partial charge in [0, 0.05) is 6.54 Å². The molecule has 0 bridgehead atoms. The van der Waals surface area contributed by atoms with Gasteiger partial charge in [-0.1, -0.05) is 13.0 Å². The van der Waals surface area contributed by atoms with Gasteiger partial charge in [0.2, 0.25) is 0 Å². The molecule has 1 unspecified atom stereocenters. The molecule has 2 rings (SSSR count). The number of hydrogen-bond acceptors (Lipinski definition) is 2. The van der Waals surface area contributed by atoms with E-state index in [1.165, 1.54) is 12.8 Å². The topological polar surface area (TPSA) is 27.1 Å². The molecule has 1 atom stereocenters. The van der Waals surface area contributed by atoms with E-state index >= 15 is 0 Å². The normalized spacial score (nSPS) is 20.5. The molecule has 0 radical (unpaired) electrons. The van der Waals surface area contributed by atoms with E-state index in [1.54, 1.807) is 6.20 Å². The van der Waals surface area contributed by atoms with Crippen LogP contribution in [0.5, 0.6) is 5.75 Å². The third-order valence-electron chi connectivity index (χ3n) is 2.56. The van der Waals surface area contributed by atoms with Crippen molar-refractivity contribution in [2.75, 3.05) is 0 Å². The number of allylic oxidation sites excluding steroid dienone is 1. The van der Waals surface area contributed by atoms with Crippen LogP contribution in [0, 0.1) is 0 Å². The van der Waals surface area contributed by atoms with Crippen LogP contribution in [-0.4, -0.2) is 15.9 Å². The van der Waals surface area contributed by atoms with Gasteiger partial charge in [0.05, 0.1) is 12.4 Å². The average Bonchev–Trinajstić information content (AvgIpc) is 2.68. The number of hydrogen-bond donors (Lipinski definition) is 0. The predicted octanol–water partition coefficient (Wildman–Crippen LogP) is 2.78. The molecule has 1 aliphatic carbocycles. The molecule has 15 heavy (non-hydrogen) atoms. The second kappa shape index (κ2) is 5.01. The first-order chi connectivity index (χ1) is 7.38. The maximum atomic E-state index is 5.81. The molecule has 0 saturated carbocycles. The molecule has 0 fully saturated rings. The van der Waals surface area contributed by atoms with Gasteiger partial charge >= 0.3 is 0 Å². The largest absolute Gasteiger partial charge is 0.483 e. The Morgan fingerprint density at radius 2 is 2.53 bits per heavy atom. The lowest BCUT2D eigenvalue weighted by molar-refractivity contribution is 0.229. The molecule has 0 aromatic carbocycles. The standard InChI is InChI=1S/C12H18N2O/c1-2-8-14-10-12(9-13-14)15-11-6-4-3-5-7-11/h4,6,9-11H,2-3,5,7-8H2,1H3. The van der Waals surface area contributed by atoms with Crippen molar-refractivity contribution in [3.05, 3.63) is 24.5 Å². The van der Waals surface area contributed by atoms with E-state index in [4.69, 9.17) is 4.74 Å². The molecule has 1 aromatic rings. The van der Waals surface area contributed by atoms with Gasteiger partial charge in [0.25, 0.3) is 0 Å². The zero-order valence-corrected chi connectivity index (χ0v) is 9.22. The number of rotatable bonds is 4. The molecule has 1 heterocycles. The Morgan fingerprint density at radius 3 is 3.27 bits per heavy atom. The molecule has 0 aliphatic heterocycles. The van der Waals surface area contributed by atoms with Crippen molar-refractivity contribution in [1.29, 1.82) is 0 Å². The van der Waals surface area contributed by atoms with Crippen LogP contribution in [0.4, 0.5) is 0 Å². The summed E-state index contributed by atoms with van der Waals surface area (Å²) in [6, 6.07) is 0. The van der Waals surface area contributed by atoms with Gasteiger partial charge in [0.15, 0.2) is 5.75 Å². The number of aryl methyl sites for hydroxylation is 1. The summed E-state index contributed by atoms with van der Waals surface area (Å²) in [5, 5.41) is 4.24. The van der Waals surface area contributed by atoms with Crippen molar-refractivity contribution < 1.29 is 4.74 Å². The minimum absolute atomic E-state index is 0.248. The molecule has 82 valence electrons. The van der Waals surface area contributed by atoms with Crippen LogP contribution < -0.4 is 4.74 Å². The Kier molecular flexibility index (Phi) is 3.43. The van der Waals surface area contributed by atoms with E-state index in [0.29, 0.717) is 0 Å². The maximum absolute atomic E-state index is 5.81. The maximum Gasteiger partial charge on any atom is 0.158 e. The van der Waals surface area contributed by atoms with Gasteiger partial charge in [-0.05, 0) is 31.8 Å². The minimum atomic E-state index is 0.248. The first kappa shape index (κ1) is 10.3. The molecule has 0 amide bonds. The monoisotopic (exact) mass is 206 g/mol. The first-order valence-electron chi connectivity index (χ1n) is 5.74. The highest BCUT2D eigenvalue weighted by atomic mass is 16.5. The third kappa shape index (κ3) is 2.85. The lowest BCUT2D eigenvalue weighted by Gasteiger charge is -2.16. The third-order valence-corrected chi connectivity index (χ3v) is 2.56. The molecule has 3 heteroatoms. The zero-order valence-electron chi connectivity index (χ0n) is 9.22. The van der Waals surface area contributed by atoms with Crippen LogP contribution in [0.1, 0.15) is 32.6 Å². The molecular weight excluding hydrogens is 188 g/mol. The Labute approximate surface area is 90.7 Å². The smallest absolute Gasteiger partial charge is 0.158 e. The molecule has 0 spiro atoms. The highest BCUT2D eigenvalue weighted by Crippen LogP contribution is 2.18. The Morgan fingerprint density at radius 1 is 1.60 bits per heavy atom. The average molecular weight is 206 g/mol. The van der Waals surface area contributed by atoms with E-state index in [2.05, 4.69) is 24.2 Å². The highest BCUT2D eigenvalue weighted by molar-refractivity contribution is 5.13. The Hall–Kier alpha value is -1.25. The fraction of sp³-hybridized carbons (Fsp3) is 0.583. The van der Waals surface area contributed by atoms with E-state index in [9.17, 15) is 0 Å². The summed E-state index contributed by atoms with van der Waals surface area (Å²) in [4.78, 5) is 0. The van der Waals surface area contributed by atoms with Gasteiger partial charge in [-0.15, -0.1) is 0 Å². The van der Waals surface area contributed by atoms with Crippen LogP contribution in [0.3, 0.4) is 0 Å². The van der Waals surface area contributed by atoms with E-state index in [-0.39, 0.29) is 6.10 Å². The van der Waals surface area contributed by atoms with Crippen LogP contribution in [0.15, 0.2) is 24.5 Å². The van der Waals surface area contributed by atoms with Crippen molar-refractivity contribution >= 4 is 0 Å². The van der Waals surface area contributed by atoms with Crippen molar-refractivity contribution in [3.63, 3.8) is 0 Å². The summed E-state index contributed by atoms with van der Waals surface area (Å²) in [7, 11) is 0. The second-order valence-electron chi connectivity index (χ2n) is 3.95. The second-order valence-corrected chi connectivity index (χ2v) is 3.95. The van der Waals surface area contributed by atoms with Crippen LogP contribution >= 0.6 is 0 Å². The Balaban J connectivity index is 1.92. The van der Waals surface area contributed by atoms with E-state index < -0.39 is 0 Å². The summed E-state index contributed by atoms with van der Waals surface area (Å²) in [5.41, 5.74) is 0. The van der Waals surface area contributed by atoms with E-state index in [1.807, 2.05) is 10.9 Å². The summed E-state index contributed by atoms with van der Waals surface area (Å²) in [6.07, 6.45) is 13.0. The fourth-order valence-electron chi connectivity index (χ4n) is 1.81. The molecule has 1 aromatic heterocycles. The van der Waals surface area contributed by atoms with Crippen LogP contribution in [-0.2, 0) is 6.54 Å². The quantitative estimate of drug-likeness (QED) is 0.708. The number of aromatic nitrogens is 2. The van der Waals surface area contributed by atoms with Gasteiger partial charge in [-0.2, -0.15) is 5.10 Å². The predicted molar refractivity (Wildman–Crippen MR) is 59.9 cm³/mol. The Bertz CT molecular complexity index is 330. The summed E-state index contributed by atoms with van der Waals surface area (Å²) in [5.74, 6) is 0.889. The van der Waals surface area contributed by atoms with Gasteiger partial charge in [-0.3, -0.25) is 4.68 Å². The van der Waals surface area contributed by atoms with Crippen molar-refractivity contribution in [2.24, 2.45) is 0 Å². The van der Waals surface area contributed by atoms with Crippen LogP contribution in [0.25, 0.3) is 0 Å². The lowest BCUT2D eigenvalue weighted by Crippen LogP contribution is -2.15. The molecule has 1 aliphatic rings. The van der Waals surface area contributed by atoms with Crippen molar-refractivity contribution in [3.8, 4) is 5.75 Å². The molecule has 0 saturated heterocycles. The SMILES string of the molecule is CCCn1cc(OC2C=CCCC2)cn1.